The molecule has 7 nitrogen and oxygen atoms in total. The normalized spacial score (nSPS) is 13.6. The molecule has 0 saturated heterocycles. The van der Waals surface area contributed by atoms with Crippen LogP contribution in [-0.2, 0) is 19.6 Å². The average Bonchev–Trinajstić information content (AvgIpc) is 3.50. The minimum atomic E-state index is -4.02. The van der Waals surface area contributed by atoms with Gasteiger partial charge in [0.25, 0.3) is 15.9 Å². The van der Waals surface area contributed by atoms with Crippen molar-refractivity contribution in [2.24, 2.45) is 5.92 Å². The molecule has 0 atom stereocenters. The fraction of sp³-hybridized carbons (Fsp3) is 0.263. The van der Waals surface area contributed by atoms with Crippen LogP contribution < -0.4 is 10.0 Å². The molecule has 0 aliphatic heterocycles. The number of amides is 1. The summed E-state index contributed by atoms with van der Waals surface area (Å²) in [5.41, 5.74) is 0.336. The highest BCUT2D eigenvalue weighted by Crippen LogP contribution is 2.29. The lowest BCUT2D eigenvalue weighted by molar-refractivity contribution is -0.142. The van der Waals surface area contributed by atoms with Crippen molar-refractivity contribution in [1.82, 2.24) is 5.32 Å². The van der Waals surface area contributed by atoms with Crippen LogP contribution in [-0.4, -0.2) is 33.4 Å². The second-order valence-corrected chi connectivity index (χ2v) is 9.06. The number of sulfonamides is 1. The molecule has 2 N–H and O–H groups in total. The summed E-state index contributed by atoms with van der Waals surface area (Å²) in [7, 11) is -4.02. The third-order valence-electron chi connectivity index (χ3n) is 4.13. The Morgan fingerprint density at radius 2 is 1.86 bits per heavy atom. The Kier molecular flexibility index (Phi) is 6.66. The molecule has 10 heteroatoms. The number of esters is 1. The van der Waals surface area contributed by atoms with Crippen LogP contribution in [0.15, 0.2) is 47.4 Å². The smallest absolute Gasteiger partial charge is 0.325 e. The predicted molar refractivity (Wildman–Crippen MR) is 110 cm³/mol. The minimum Gasteiger partial charge on any atom is -0.464 e. The van der Waals surface area contributed by atoms with Crippen LogP contribution in [0.2, 0.25) is 10.0 Å². The molecule has 0 aromatic heterocycles. The van der Waals surface area contributed by atoms with E-state index >= 15 is 0 Å². The van der Waals surface area contributed by atoms with E-state index in [1.807, 2.05) is 0 Å². The van der Waals surface area contributed by atoms with Crippen molar-refractivity contribution in [1.29, 1.82) is 0 Å². The van der Waals surface area contributed by atoms with Gasteiger partial charge in [-0.15, -0.1) is 0 Å². The van der Waals surface area contributed by atoms with Gasteiger partial charge in [0, 0.05) is 16.3 Å². The van der Waals surface area contributed by atoms with E-state index in [0.29, 0.717) is 12.5 Å². The van der Waals surface area contributed by atoms with Gasteiger partial charge in [0.1, 0.15) is 11.4 Å². The first-order chi connectivity index (χ1) is 13.7. The third-order valence-corrected chi connectivity index (χ3v) is 6.23. The zero-order valence-electron chi connectivity index (χ0n) is 15.2. The first-order valence-corrected chi connectivity index (χ1v) is 11.0. The predicted octanol–water partition coefficient (Wildman–Crippen LogP) is 3.48. The maximum absolute atomic E-state index is 12.6. The van der Waals surface area contributed by atoms with Gasteiger partial charge in [0.15, 0.2) is 0 Å². The van der Waals surface area contributed by atoms with Gasteiger partial charge in [-0.25, -0.2) is 8.42 Å². The average molecular weight is 457 g/mol. The lowest BCUT2D eigenvalue weighted by Gasteiger charge is -2.11. The van der Waals surface area contributed by atoms with Crippen molar-refractivity contribution >= 4 is 50.8 Å². The summed E-state index contributed by atoms with van der Waals surface area (Å²) in [4.78, 5) is 23.7. The Bertz CT molecular complexity index is 1040. The standard InChI is InChI=1S/C19H18Cl2N2O5S/c20-14-6-7-16(21)17(9-14)29(26,27)23-15-3-1-2-13(8-15)19(25)22-10-18(24)28-11-12-4-5-12/h1-3,6-9,12,23H,4-5,10-11H2,(H,22,25). The number of hydrogen-bond acceptors (Lipinski definition) is 5. The molecule has 0 heterocycles. The number of carbonyl (C=O) groups is 2. The molecule has 1 fully saturated rings. The number of anilines is 1. The number of rotatable bonds is 8. The van der Waals surface area contributed by atoms with Crippen LogP contribution in [0.25, 0.3) is 0 Å². The van der Waals surface area contributed by atoms with Gasteiger partial charge in [0.05, 0.1) is 11.6 Å². The van der Waals surface area contributed by atoms with Crippen molar-refractivity contribution in [3.63, 3.8) is 0 Å². The topological polar surface area (TPSA) is 102 Å². The number of nitrogens with one attached hydrogen (secondary N) is 2. The zero-order chi connectivity index (χ0) is 21.0. The second-order valence-electron chi connectivity index (χ2n) is 6.57. The van der Waals surface area contributed by atoms with E-state index in [1.54, 1.807) is 0 Å². The highest BCUT2D eigenvalue weighted by Gasteiger charge is 2.23. The summed E-state index contributed by atoms with van der Waals surface area (Å²) in [6.45, 7) is 0.109. The quantitative estimate of drug-likeness (QED) is 0.591. The van der Waals surface area contributed by atoms with Crippen LogP contribution in [0, 0.1) is 5.92 Å². The molecule has 1 aliphatic rings. The lowest BCUT2D eigenvalue weighted by atomic mass is 10.2. The minimum absolute atomic E-state index is 0.0144. The van der Waals surface area contributed by atoms with E-state index in [1.165, 1.54) is 42.5 Å². The summed E-state index contributed by atoms with van der Waals surface area (Å²) < 4.78 is 32.6. The molecular formula is C19H18Cl2N2O5S. The zero-order valence-corrected chi connectivity index (χ0v) is 17.5. The number of ether oxygens (including phenoxy) is 1. The number of halogens is 2. The van der Waals surface area contributed by atoms with Crippen LogP contribution >= 0.6 is 23.2 Å². The highest BCUT2D eigenvalue weighted by molar-refractivity contribution is 7.92. The Morgan fingerprint density at radius 3 is 2.59 bits per heavy atom. The van der Waals surface area contributed by atoms with Crippen molar-refractivity contribution in [2.45, 2.75) is 17.7 Å². The number of benzene rings is 2. The molecule has 0 unspecified atom stereocenters. The fourth-order valence-electron chi connectivity index (χ4n) is 2.42. The van der Waals surface area contributed by atoms with Crippen molar-refractivity contribution in [3.8, 4) is 0 Å². The Labute approximate surface area is 178 Å². The molecule has 2 aromatic carbocycles. The van der Waals surface area contributed by atoms with Gasteiger partial charge in [-0.3, -0.25) is 14.3 Å². The van der Waals surface area contributed by atoms with Gasteiger partial charge in [-0.1, -0.05) is 29.3 Å². The lowest BCUT2D eigenvalue weighted by Crippen LogP contribution is -2.31. The number of carbonyl (C=O) groups excluding carboxylic acids is 2. The van der Waals surface area contributed by atoms with Gasteiger partial charge >= 0.3 is 5.97 Å². The molecular weight excluding hydrogens is 439 g/mol. The van der Waals surface area contributed by atoms with Gasteiger partial charge < -0.3 is 10.1 Å². The largest absolute Gasteiger partial charge is 0.464 e. The molecule has 2 aromatic rings. The summed E-state index contributed by atoms with van der Waals surface area (Å²) >= 11 is 11.8. The van der Waals surface area contributed by atoms with E-state index in [2.05, 4.69) is 10.0 Å². The van der Waals surface area contributed by atoms with Crippen LogP contribution in [0.5, 0.6) is 0 Å². The van der Waals surface area contributed by atoms with E-state index < -0.39 is 21.9 Å². The molecule has 0 bridgehead atoms. The molecule has 3 rings (SSSR count). The first-order valence-electron chi connectivity index (χ1n) is 8.76. The third kappa shape index (κ3) is 6.09. The van der Waals surface area contributed by atoms with Crippen LogP contribution in [0.4, 0.5) is 5.69 Å². The molecule has 1 saturated carbocycles. The van der Waals surface area contributed by atoms with Crippen LogP contribution in [0.3, 0.4) is 0 Å². The van der Waals surface area contributed by atoms with Crippen molar-refractivity contribution in [2.75, 3.05) is 17.9 Å². The van der Waals surface area contributed by atoms with Gasteiger partial charge in [-0.2, -0.15) is 0 Å². The maximum Gasteiger partial charge on any atom is 0.325 e. The van der Waals surface area contributed by atoms with Crippen molar-refractivity contribution in [3.05, 3.63) is 58.1 Å². The highest BCUT2D eigenvalue weighted by atomic mass is 35.5. The molecule has 29 heavy (non-hydrogen) atoms. The Balaban J connectivity index is 1.64. The molecule has 1 amide bonds. The fourth-order valence-corrected chi connectivity index (χ4v) is 4.23. The Hall–Kier alpha value is -2.29. The second kappa shape index (κ2) is 9.02. The molecule has 1 aliphatic carbocycles. The summed E-state index contributed by atoms with van der Waals surface area (Å²) in [6.07, 6.45) is 2.12. The first kappa shape index (κ1) is 21.4. The molecule has 0 spiro atoms. The summed E-state index contributed by atoms with van der Waals surface area (Å²) in [6, 6.07) is 9.93. The monoisotopic (exact) mass is 456 g/mol. The van der Waals surface area contributed by atoms with E-state index in [9.17, 15) is 18.0 Å². The van der Waals surface area contributed by atoms with Crippen molar-refractivity contribution < 1.29 is 22.7 Å². The van der Waals surface area contributed by atoms with E-state index in [4.69, 9.17) is 27.9 Å². The van der Waals surface area contributed by atoms with Gasteiger partial charge in [0.2, 0.25) is 0 Å². The SMILES string of the molecule is O=C(CNC(=O)c1cccc(NS(=O)(=O)c2cc(Cl)ccc2Cl)c1)OCC1CC1. The summed E-state index contributed by atoms with van der Waals surface area (Å²) in [5, 5.41) is 2.69. The Morgan fingerprint density at radius 1 is 1.10 bits per heavy atom. The van der Waals surface area contributed by atoms with E-state index in [-0.39, 0.29) is 32.7 Å². The van der Waals surface area contributed by atoms with Crippen LogP contribution in [0.1, 0.15) is 23.2 Å². The molecule has 154 valence electrons. The summed E-state index contributed by atoms with van der Waals surface area (Å²) in [5.74, 6) is -0.611. The maximum atomic E-state index is 12.6. The van der Waals surface area contributed by atoms with E-state index in [0.717, 1.165) is 12.8 Å². The molecule has 0 radical (unpaired) electrons. The number of hydrogen-bond donors (Lipinski definition) is 2. The van der Waals surface area contributed by atoms with Gasteiger partial charge in [-0.05, 0) is 55.2 Å².